The molecule has 0 fully saturated rings. The third-order valence-corrected chi connectivity index (χ3v) is 17.4. The zero-order valence-electron chi connectivity index (χ0n) is 39.5. The van der Waals surface area contributed by atoms with Gasteiger partial charge in [0, 0.05) is 58.8 Å². The maximum absolute atomic E-state index is 14.4. The van der Waals surface area contributed by atoms with Crippen molar-refractivity contribution in [1.82, 2.24) is 0 Å². The lowest BCUT2D eigenvalue weighted by Crippen LogP contribution is -2.32. The molecule has 2 aliphatic rings. The van der Waals surface area contributed by atoms with E-state index in [0.717, 1.165) is 87.4 Å². The standard InChI is InChI=1S/C67H40F2N2OS2/c68-43-26-30-46(31-27-43)70(47-32-28-44(69)29-33-47)59-21-10-17-54-53-36-34-48(40-63(53)73-65(54)59)71(45-12-2-1-3-13-45)60-22-11-20-58-66(60)74-64-39-42(41-24-35-52-51-16-6-9-23-61(51)72-62(52)38-41)25-37-57(64)67(58)55-18-7-4-14-49(55)50-15-5-8-19-56(50)67/h1-40H. The molecule has 15 rings (SSSR count). The van der Waals surface area contributed by atoms with Gasteiger partial charge in [-0.25, -0.2) is 8.78 Å². The van der Waals surface area contributed by atoms with E-state index in [4.69, 9.17) is 4.42 Å². The summed E-state index contributed by atoms with van der Waals surface area (Å²) in [7, 11) is 0. The van der Waals surface area contributed by atoms with Gasteiger partial charge in [0.25, 0.3) is 0 Å². The van der Waals surface area contributed by atoms with Crippen molar-refractivity contribution in [2.75, 3.05) is 9.80 Å². The molecule has 350 valence electrons. The molecule has 0 unspecified atom stereocenters. The van der Waals surface area contributed by atoms with Crippen LogP contribution in [0.15, 0.2) is 257 Å². The first-order valence-corrected chi connectivity index (χ1v) is 26.3. The highest BCUT2D eigenvalue weighted by Crippen LogP contribution is 2.64. The molecule has 1 aliphatic heterocycles. The Bertz CT molecular complexity index is 4300. The van der Waals surface area contributed by atoms with E-state index in [1.165, 1.54) is 67.4 Å². The lowest BCUT2D eigenvalue weighted by atomic mass is 9.67. The Balaban J connectivity index is 0.932. The number of hydrogen-bond donors (Lipinski definition) is 0. The molecule has 1 aliphatic carbocycles. The molecule has 0 saturated carbocycles. The molecule has 0 N–H and O–H groups in total. The zero-order valence-corrected chi connectivity index (χ0v) is 41.1. The molecular weight excluding hydrogens is 951 g/mol. The Morgan fingerprint density at radius 2 is 0.932 bits per heavy atom. The Labute approximate surface area is 433 Å². The molecule has 13 aromatic rings. The minimum Gasteiger partial charge on any atom is -0.456 e. The largest absolute Gasteiger partial charge is 0.456 e. The monoisotopic (exact) mass is 990 g/mol. The number of hydrogen-bond acceptors (Lipinski definition) is 5. The zero-order chi connectivity index (χ0) is 49.1. The van der Waals surface area contributed by atoms with Gasteiger partial charge in [0.2, 0.25) is 0 Å². The van der Waals surface area contributed by atoms with E-state index in [1.807, 2.05) is 23.9 Å². The average molecular weight is 991 g/mol. The predicted octanol–water partition coefficient (Wildman–Crippen LogP) is 19.7. The fourth-order valence-corrected chi connectivity index (χ4v) is 14.4. The Morgan fingerprint density at radius 1 is 0.378 bits per heavy atom. The normalized spacial score (nSPS) is 13.1. The maximum atomic E-state index is 14.4. The molecular formula is C67H40F2N2OS2. The fourth-order valence-electron chi connectivity index (χ4n) is 11.9. The van der Waals surface area contributed by atoms with E-state index in [2.05, 4.69) is 192 Å². The van der Waals surface area contributed by atoms with Crippen molar-refractivity contribution in [3.8, 4) is 22.3 Å². The second kappa shape index (κ2) is 16.6. The quantitative estimate of drug-likeness (QED) is 0.158. The molecule has 0 bridgehead atoms. The van der Waals surface area contributed by atoms with Crippen molar-refractivity contribution in [1.29, 1.82) is 0 Å². The summed E-state index contributed by atoms with van der Waals surface area (Å²) in [4.78, 5) is 6.89. The number of halogens is 2. The summed E-state index contributed by atoms with van der Waals surface area (Å²) in [5.41, 5.74) is 16.6. The van der Waals surface area contributed by atoms with Crippen LogP contribution in [-0.2, 0) is 5.41 Å². The van der Waals surface area contributed by atoms with Crippen LogP contribution >= 0.6 is 23.1 Å². The minimum atomic E-state index is -0.602. The van der Waals surface area contributed by atoms with Gasteiger partial charge in [0.05, 0.1) is 21.5 Å². The number of furan rings is 1. The first kappa shape index (κ1) is 42.9. The van der Waals surface area contributed by atoms with Crippen LogP contribution < -0.4 is 9.80 Å². The highest BCUT2D eigenvalue weighted by Gasteiger charge is 2.51. The average Bonchev–Trinajstić information content (AvgIpc) is 4.11. The molecule has 3 nitrogen and oxygen atoms in total. The first-order valence-electron chi connectivity index (χ1n) is 24.7. The van der Waals surface area contributed by atoms with Gasteiger partial charge in [-0.05, 0) is 154 Å². The van der Waals surface area contributed by atoms with Crippen LogP contribution in [-0.4, -0.2) is 0 Å². The third-order valence-electron chi connectivity index (χ3n) is 15.0. The highest BCUT2D eigenvalue weighted by molar-refractivity contribution is 7.99. The molecule has 2 aromatic heterocycles. The van der Waals surface area contributed by atoms with E-state index in [1.54, 1.807) is 35.6 Å². The lowest BCUT2D eigenvalue weighted by molar-refractivity contribution is 0.628. The van der Waals surface area contributed by atoms with Gasteiger partial charge in [-0.1, -0.05) is 145 Å². The van der Waals surface area contributed by atoms with E-state index in [9.17, 15) is 8.78 Å². The Morgan fingerprint density at radius 3 is 1.69 bits per heavy atom. The second-order valence-electron chi connectivity index (χ2n) is 19.0. The van der Waals surface area contributed by atoms with Crippen molar-refractivity contribution in [3.63, 3.8) is 0 Å². The van der Waals surface area contributed by atoms with Crippen LogP contribution in [0.4, 0.5) is 42.9 Å². The molecule has 0 radical (unpaired) electrons. The van der Waals surface area contributed by atoms with Gasteiger partial charge in [-0.2, -0.15) is 0 Å². The van der Waals surface area contributed by atoms with Crippen LogP contribution in [0.1, 0.15) is 22.3 Å². The number of fused-ring (bicyclic) bond motifs is 15. The SMILES string of the molecule is Fc1ccc(N(c2ccc(F)cc2)c2cccc3c2sc2cc(N(c4ccccc4)c4cccc5c4Sc4cc(-c6ccc7c(c6)oc6ccccc67)ccc4C54c5ccccc5-c5ccccc54)ccc23)cc1. The topological polar surface area (TPSA) is 19.6 Å². The van der Waals surface area contributed by atoms with Gasteiger partial charge in [-0.15, -0.1) is 11.3 Å². The van der Waals surface area contributed by atoms with Gasteiger partial charge in [-0.3, -0.25) is 0 Å². The van der Waals surface area contributed by atoms with E-state index >= 15 is 0 Å². The predicted molar refractivity (Wildman–Crippen MR) is 303 cm³/mol. The van der Waals surface area contributed by atoms with Crippen molar-refractivity contribution >= 4 is 99.3 Å². The number of nitrogens with zero attached hydrogens (tertiary/aromatic N) is 2. The number of rotatable bonds is 7. The summed E-state index contributed by atoms with van der Waals surface area (Å²) in [5.74, 6) is -0.638. The van der Waals surface area contributed by atoms with E-state index in [0.29, 0.717) is 0 Å². The van der Waals surface area contributed by atoms with Crippen LogP contribution in [0, 0.1) is 11.6 Å². The summed E-state index contributed by atoms with van der Waals surface area (Å²) >= 11 is 3.57. The molecule has 0 atom stereocenters. The molecule has 3 heterocycles. The van der Waals surface area contributed by atoms with Gasteiger partial charge in [0.15, 0.2) is 0 Å². The first-order chi connectivity index (χ1) is 36.5. The summed E-state index contributed by atoms with van der Waals surface area (Å²) in [6.45, 7) is 0. The number of benzene rings is 11. The molecule has 74 heavy (non-hydrogen) atoms. The smallest absolute Gasteiger partial charge is 0.136 e. The van der Waals surface area contributed by atoms with Crippen molar-refractivity contribution in [3.05, 3.63) is 277 Å². The minimum absolute atomic E-state index is 0.319. The second-order valence-corrected chi connectivity index (χ2v) is 21.1. The van der Waals surface area contributed by atoms with E-state index < -0.39 is 5.41 Å². The summed E-state index contributed by atoms with van der Waals surface area (Å²) < 4.78 is 37.4. The van der Waals surface area contributed by atoms with Crippen LogP contribution in [0.25, 0.3) is 64.4 Å². The third kappa shape index (κ3) is 6.43. The van der Waals surface area contributed by atoms with Crippen LogP contribution in [0.3, 0.4) is 0 Å². The summed E-state index contributed by atoms with van der Waals surface area (Å²) in [5, 5.41) is 4.47. The van der Waals surface area contributed by atoms with Gasteiger partial charge in [0.1, 0.15) is 22.8 Å². The molecule has 11 aromatic carbocycles. The number of para-hydroxylation sites is 2. The Hall–Kier alpha value is -8.75. The lowest BCUT2D eigenvalue weighted by Gasteiger charge is -2.41. The molecule has 0 amide bonds. The highest BCUT2D eigenvalue weighted by atomic mass is 32.2. The fraction of sp³-hybridized carbons (Fsp3) is 0.0149. The molecule has 1 spiro atoms. The number of anilines is 6. The van der Waals surface area contributed by atoms with Crippen molar-refractivity contribution in [2.45, 2.75) is 15.2 Å². The van der Waals surface area contributed by atoms with Gasteiger partial charge < -0.3 is 14.2 Å². The van der Waals surface area contributed by atoms with Crippen molar-refractivity contribution < 1.29 is 13.2 Å². The van der Waals surface area contributed by atoms with Crippen LogP contribution in [0.2, 0.25) is 0 Å². The van der Waals surface area contributed by atoms with E-state index in [-0.39, 0.29) is 11.6 Å². The summed E-state index contributed by atoms with van der Waals surface area (Å²) in [6.07, 6.45) is 0. The summed E-state index contributed by atoms with van der Waals surface area (Å²) in [6, 6.07) is 83.5. The maximum Gasteiger partial charge on any atom is 0.136 e. The van der Waals surface area contributed by atoms with Crippen molar-refractivity contribution in [2.24, 2.45) is 0 Å². The Kier molecular flexibility index (Phi) is 9.65. The van der Waals surface area contributed by atoms with Crippen LogP contribution in [0.5, 0.6) is 0 Å². The molecule has 7 heteroatoms. The molecule has 0 saturated heterocycles. The van der Waals surface area contributed by atoms with Gasteiger partial charge >= 0.3 is 0 Å². The number of thiophene rings is 1.